The number of ether oxygens (including phenoxy) is 1. The van der Waals surface area contributed by atoms with Gasteiger partial charge in [0.15, 0.2) is 0 Å². The van der Waals surface area contributed by atoms with Crippen molar-refractivity contribution in [3.8, 4) is 5.75 Å². The van der Waals surface area contributed by atoms with Crippen LogP contribution < -0.4 is 4.74 Å². The van der Waals surface area contributed by atoms with Crippen LogP contribution in [0.1, 0.15) is 197 Å². The van der Waals surface area contributed by atoms with Gasteiger partial charge in [-0.15, -0.1) is 0 Å². The highest BCUT2D eigenvalue weighted by Gasteiger charge is 2.15. The molecule has 0 saturated carbocycles. The molecule has 0 unspecified atom stereocenters. The van der Waals surface area contributed by atoms with Crippen LogP contribution in [0.3, 0.4) is 0 Å². The number of benzene rings is 1. The number of allylic oxidation sites excluding steroid dienone is 2. The Kier molecular flexibility index (Phi) is 27.3. The minimum Gasteiger partial charge on any atom is -0.492 e. The Balaban J connectivity index is 2.10. The Hall–Kier alpha value is -2.30. The summed E-state index contributed by atoms with van der Waals surface area (Å²) in [5.74, 6) is -0.157. The number of aliphatic carboxylic acids is 1. The summed E-state index contributed by atoms with van der Waals surface area (Å²) >= 11 is 0. The minimum absolute atomic E-state index is 0.297. The fourth-order valence-electron chi connectivity index (χ4n) is 6.13. The lowest BCUT2D eigenvalue weighted by atomic mass is 10.0. The molecule has 0 atom stereocenters. The molecule has 0 aliphatic carbocycles. The van der Waals surface area contributed by atoms with Crippen LogP contribution in [0.15, 0.2) is 30.4 Å². The zero-order valence-corrected chi connectivity index (χ0v) is 29.9. The zero-order chi connectivity index (χ0) is 33.5. The quantitative estimate of drug-likeness (QED) is 0.0588. The number of carbonyl (C=O) groups is 2. The summed E-state index contributed by atoms with van der Waals surface area (Å²) in [6.07, 6.45) is 36.3. The van der Waals surface area contributed by atoms with Crippen LogP contribution >= 0.6 is 0 Å². The van der Waals surface area contributed by atoms with Crippen molar-refractivity contribution in [1.29, 1.82) is 0 Å². The van der Waals surface area contributed by atoms with E-state index in [-0.39, 0.29) is 0 Å². The van der Waals surface area contributed by atoms with Gasteiger partial charge < -0.3 is 14.9 Å². The molecule has 0 bridgehead atoms. The van der Waals surface area contributed by atoms with Gasteiger partial charge in [0.05, 0.1) is 6.61 Å². The zero-order valence-electron chi connectivity index (χ0n) is 29.9. The van der Waals surface area contributed by atoms with Crippen molar-refractivity contribution >= 4 is 11.9 Å². The van der Waals surface area contributed by atoms with E-state index >= 15 is 0 Å². The van der Waals surface area contributed by atoms with E-state index in [9.17, 15) is 14.7 Å². The highest BCUT2D eigenvalue weighted by Crippen LogP contribution is 2.27. The van der Waals surface area contributed by atoms with Crippen LogP contribution in [0.2, 0.25) is 0 Å². The summed E-state index contributed by atoms with van der Waals surface area (Å²) < 4.78 is 6.12. The molecule has 0 aliphatic rings. The second kappa shape index (κ2) is 30.1. The minimum atomic E-state index is -0.904. The van der Waals surface area contributed by atoms with E-state index in [2.05, 4.69) is 26.0 Å². The molecule has 0 fully saturated rings. The van der Waals surface area contributed by atoms with Crippen molar-refractivity contribution in [3.05, 3.63) is 41.5 Å². The lowest BCUT2D eigenvalue weighted by Gasteiger charge is -2.14. The first-order valence-corrected chi connectivity index (χ1v) is 19.3. The third-order valence-electron chi connectivity index (χ3n) is 8.99. The summed E-state index contributed by atoms with van der Waals surface area (Å²) in [5.41, 5.74) is 1.33. The van der Waals surface area contributed by atoms with Crippen molar-refractivity contribution in [2.75, 3.05) is 6.61 Å². The molecule has 0 aromatic heterocycles. The van der Waals surface area contributed by atoms with E-state index < -0.39 is 11.9 Å². The fraction of sp³-hybridized carbons (Fsp3) is 0.756. The molecule has 0 spiro atoms. The molecule has 0 amide bonds. The monoisotopic (exact) mass is 643 g/mol. The van der Waals surface area contributed by atoms with Gasteiger partial charge in [-0.3, -0.25) is 4.79 Å². The maximum Gasteiger partial charge on any atom is 0.339 e. The van der Waals surface area contributed by atoms with Gasteiger partial charge in [0.1, 0.15) is 11.3 Å². The molecule has 1 aromatic carbocycles. The number of carboxylic acids is 2. The molecule has 0 radical (unpaired) electrons. The van der Waals surface area contributed by atoms with Crippen molar-refractivity contribution in [2.45, 2.75) is 187 Å². The van der Waals surface area contributed by atoms with Gasteiger partial charge in [-0.1, -0.05) is 154 Å². The van der Waals surface area contributed by atoms with E-state index in [0.29, 0.717) is 24.3 Å². The molecular weight excluding hydrogens is 572 g/mol. The van der Waals surface area contributed by atoms with Gasteiger partial charge in [-0.25, -0.2) is 4.79 Å². The summed E-state index contributed by atoms with van der Waals surface area (Å²) in [4.78, 5) is 22.4. The SMILES string of the molecule is CC(C)CCCCCCCCCCCCCOc1c(CCCCCCCCC=CCCCCCCCC(=O)O)cccc1C(=O)O. The van der Waals surface area contributed by atoms with Crippen LogP contribution in [0.5, 0.6) is 5.75 Å². The van der Waals surface area contributed by atoms with E-state index in [1.165, 1.54) is 103 Å². The Labute approximate surface area is 283 Å². The highest BCUT2D eigenvalue weighted by molar-refractivity contribution is 5.91. The van der Waals surface area contributed by atoms with Gasteiger partial charge in [0.2, 0.25) is 0 Å². The first-order chi connectivity index (χ1) is 22.4. The molecule has 46 heavy (non-hydrogen) atoms. The largest absolute Gasteiger partial charge is 0.492 e. The lowest BCUT2D eigenvalue weighted by molar-refractivity contribution is -0.137. The van der Waals surface area contributed by atoms with E-state index in [4.69, 9.17) is 9.84 Å². The molecule has 0 heterocycles. The molecule has 1 rings (SSSR count). The Bertz CT molecular complexity index is 906. The molecule has 2 N–H and O–H groups in total. The van der Waals surface area contributed by atoms with Crippen molar-refractivity contribution < 1.29 is 24.5 Å². The van der Waals surface area contributed by atoms with Crippen molar-refractivity contribution in [3.63, 3.8) is 0 Å². The number of aromatic carboxylic acids is 1. The number of unbranched alkanes of at least 4 members (excludes halogenated alkanes) is 21. The predicted molar refractivity (Wildman–Crippen MR) is 194 cm³/mol. The van der Waals surface area contributed by atoms with Gasteiger partial charge in [-0.2, -0.15) is 0 Å². The normalized spacial score (nSPS) is 11.5. The maximum atomic E-state index is 11.9. The molecule has 5 nitrogen and oxygen atoms in total. The standard InChI is InChI=1S/C41H70O5/c1-36(2)30-25-21-17-13-9-8-12-16-20-24-28-35-46-40-37(32-29-33-38(40)41(44)45)31-26-22-18-14-10-6-4-3-5-7-11-15-19-23-27-34-39(42)43/h3,5,29,32-33,36H,4,6-28,30-31,34-35H2,1-2H3,(H,42,43)(H,44,45). The van der Waals surface area contributed by atoms with Crippen LogP contribution in [-0.4, -0.2) is 28.8 Å². The number of aryl methyl sites for hydroxylation is 1. The summed E-state index contributed by atoms with van der Waals surface area (Å²) in [5, 5.41) is 18.4. The van der Waals surface area contributed by atoms with Crippen molar-refractivity contribution in [1.82, 2.24) is 0 Å². The van der Waals surface area contributed by atoms with E-state index in [0.717, 1.165) is 75.7 Å². The number of hydrogen-bond donors (Lipinski definition) is 2. The first-order valence-electron chi connectivity index (χ1n) is 19.3. The molecular formula is C41H70O5. The number of hydrogen-bond acceptors (Lipinski definition) is 3. The smallest absolute Gasteiger partial charge is 0.339 e. The third kappa shape index (κ3) is 24.9. The first kappa shape index (κ1) is 41.7. The summed E-state index contributed by atoms with van der Waals surface area (Å²) in [7, 11) is 0. The average Bonchev–Trinajstić information content (AvgIpc) is 3.02. The second-order valence-corrected chi connectivity index (χ2v) is 13.9. The van der Waals surface area contributed by atoms with E-state index in [1.807, 2.05) is 12.1 Å². The molecule has 1 aromatic rings. The lowest BCUT2D eigenvalue weighted by Crippen LogP contribution is -2.07. The Morgan fingerprint density at radius 1 is 0.630 bits per heavy atom. The van der Waals surface area contributed by atoms with Crippen LogP contribution in [0, 0.1) is 5.92 Å². The van der Waals surface area contributed by atoms with Crippen molar-refractivity contribution in [2.24, 2.45) is 5.92 Å². The topological polar surface area (TPSA) is 83.8 Å². The molecule has 0 aliphatic heterocycles. The van der Waals surface area contributed by atoms with E-state index in [1.54, 1.807) is 6.07 Å². The summed E-state index contributed by atoms with van der Waals surface area (Å²) in [6.45, 7) is 5.22. The van der Waals surface area contributed by atoms with Crippen LogP contribution in [0.4, 0.5) is 0 Å². The number of carboxylic acid groups (broad SMARTS) is 2. The Morgan fingerprint density at radius 3 is 1.63 bits per heavy atom. The number of rotatable bonds is 33. The average molecular weight is 643 g/mol. The van der Waals surface area contributed by atoms with Gasteiger partial charge >= 0.3 is 11.9 Å². The maximum absolute atomic E-state index is 11.9. The van der Waals surface area contributed by atoms with Crippen LogP contribution in [0.25, 0.3) is 0 Å². The highest BCUT2D eigenvalue weighted by atomic mass is 16.5. The Morgan fingerprint density at radius 2 is 1.11 bits per heavy atom. The molecule has 264 valence electrons. The fourth-order valence-corrected chi connectivity index (χ4v) is 6.13. The van der Waals surface area contributed by atoms with Gasteiger partial charge in [0, 0.05) is 6.42 Å². The van der Waals surface area contributed by atoms with Gasteiger partial charge in [0.25, 0.3) is 0 Å². The third-order valence-corrected chi connectivity index (χ3v) is 8.99. The molecule has 0 saturated heterocycles. The second-order valence-electron chi connectivity index (χ2n) is 13.9. The number of para-hydroxylation sites is 1. The predicted octanol–water partition coefficient (Wildman–Crippen LogP) is 12.7. The van der Waals surface area contributed by atoms with Crippen LogP contribution in [-0.2, 0) is 11.2 Å². The summed E-state index contributed by atoms with van der Waals surface area (Å²) in [6, 6.07) is 5.57. The van der Waals surface area contributed by atoms with Gasteiger partial charge in [-0.05, 0) is 68.9 Å². The molecule has 5 heteroatoms.